The number of nitrogens with zero attached hydrogens (tertiary/aromatic N) is 1. The molecule has 0 spiro atoms. The minimum Gasteiger partial charge on any atom is -0.493 e. The van der Waals surface area contributed by atoms with Crippen molar-refractivity contribution in [1.29, 1.82) is 0 Å². The van der Waals surface area contributed by atoms with Gasteiger partial charge in [-0.05, 0) is 56.2 Å². The molecule has 8 heteroatoms. The highest BCUT2D eigenvalue weighted by atomic mass is 32.2. The molecule has 2 aromatic rings. The predicted octanol–water partition coefficient (Wildman–Crippen LogP) is 2.66. The lowest BCUT2D eigenvalue weighted by Gasteiger charge is -2.28. The second-order valence-electron chi connectivity index (χ2n) is 6.87. The average Bonchev–Trinajstić information content (AvgIpc) is 2.63. The first kappa shape index (κ1) is 22.5. The molecule has 1 N–H and O–H groups in total. The van der Waals surface area contributed by atoms with Crippen molar-refractivity contribution in [1.82, 2.24) is 5.32 Å². The van der Waals surface area contributed by atoms with Gasteiger partial charge in [0.15, 0.2) is 11.5 Å². The van der Waals surface area contributed by atoms with Crippen molar-refractivity contribution in [3.63, 3.8) is 0 Å². The number of nitrogens with one attached hydrogen (secondary N) is 1. The number of benzene rings is 2. The van der Waals surface area contributed by atoms with E-state index in [1.165, 1.54) is 0 Å². The van der Waals surface area contributed by atoms with Gasteiger partial charge in [-0.2, -0.15) is 0 Å². The number of ether oxygens (including phenoxy) is 2. The van der Waals surface area contributed by atoms with Gasteiger partial charge in [0.25, 0.3) is 0 Å². The van der Waals surface area contributed by atoms with Gasteiger partial charge in [-0.15, -0.1) is 0 Å². The van der Waals surface area contributed by atoms with Gasteiger partial charge in [-0.25, -0.2) is 8.42 Å². The molecule has 0 aromatic heterocycles. The Morgan fingerprint density at radius 2 is 1.69 bits per heavy atom. The Kier molecular flexibility index (Phi) is 7.50. The van der Waals surface area contributed by atoms with Crippen molar-refractivity contribution in [2.45, 2.75) is 26.8 Å². The molecule has 0 aliphatic rings. The van der Waals surface area contributed by atoms with E-state index in [1.807, 2.05) is 32.0 Å². The Hall–Kier alpha value is -2.74. The minimum absolute atomic E-state index is 0.223. The third-order valence-corrected chi connectivity index (χ3v) is 5.52. The molecular formula is C21H28N2O5S. The van der Waals surface area contributed by atoms with E-state index in [0.29, 0.717) is 17.2 Å². The number of amides is 1. The number of methoxy groups -OCH3 is 1. The summed E-state index contributed by atoms with van der Waals surface area (Å²) >= 11 is 0. The molecule has 2 rings (SSSR count). The highest BCUT2D eigenvalue weighted by molar-refractivity contribution is 7.92. The summed E-state index contributed by atoms with van der Waals surface area (Å²) < 4.78 is 36.8. The molecule has 7 nitrogen and oxygen atoms in total. The van der Waals surface area contributed by atoms with Crippen LogP contribution >= 0.6 is 0 Å². The predicted molar refractivity (Wildman–Crippen MR) is 114 cm³/mol. The van der Waals surface area contributed by atoms with E-state index >= 15 is 0 Å². The smallest absolute Gasteiger partial charge is 0.243 e. The highest BCUT2D eigenvalue weighted by Gasteiger charge is 2.29. The van der Waals surface area contributed by atoms with Crippen LogP contribution in [0.2, 0.25) is 0 Å². The first-order chi connectivity index (χ1) is 13.6. The molecule has 2 aromatic carbocycles. The lowest BCUT2D eigenvalue weighted by Crippen LogP contribution is -2.48. The number of sulfonamides is 1. The van der Waals surface area contributed by atoms with Gasteiger partial charge in [-0.1, -0.05) is 18.2 Å². The van der Waals surface area contributed by atoms with Crippen molar-refractivity contribution >= 4 is 21.6 Å². The summed E-state index contributed by atoms with van der Waals surface area (Å²) in [5.41, 5.74) is 2.32. The summed E-state index contributed by atoms with van der Waals surface area (Å²) in [5, 5.41) is 2.73. The third-order valence-electron chi connectivity index (χ3n) is 4.28. The fourth-order valence-corrected chi connectivity index (χ4v) is 4.27. The van der Waals surface area contributed by atoms with Gasteiger partial charge < -0.3 is 14.8 Å². The first-order valence-corrected chi connectivity index (χ1v) is 11.1. The molecule has 0 saturated heterocycles. The SMILES string of the molecule is COc1ccccc1OCCNC(=O)C(C)N(c1cc(C)cc(C)c1)S(C)(=O)=O. The maximum absolute atomic E-state index is 12.6. The molecule has 1 atom stereocenters. The van der Waals surface area contributed by atoms with Crippen molar-refractivity contribution in [3.05, 3.63) is 53.6 Å². The number of rotatable bonds is 9. The fourth-order valence-electron chi connectivity index (χ4n) is 3.11. The largest absolute Gasteiger partial charge is 0.493 e. The van der Waals surface area contributed by atoms with E-state index in [-0.39, 0.29) is 13.2 Å². The molecule has 0 aliphatic heterocycles. The number of anilines is 1. The van der Waals surface area contributed by atoms with Crippen LogP contribution in [-0.2, 0) is 14.8 Å². The Labute approximate surface area is 172 Å². The zero-order chi connectivity index (χ0) is 21.6. The van der Waals surface area contributed by atoms with E-state index in [0.717, 1.165) is 21.7 Å². The van der Waals surface area contributed by atoms with Crippen LogP contribution in [0.4, 0.5) is 5.69 Å². The van der Waals surface area contributed by atoms with Gasteiger partial charge in [-0.3, -0.25) is 9.10 Å². The lowest BCUT2D eigenvalue weighted by molar-refractivity contribution is -0.121. The van der Waals surface area contributed by atoms with E-state index in [2.05, 4.69) is 5.32 Å². The van der Waals surface area contributed by atoms with Crippen LogP contribution in [-0.4, -0.2) is 46.9 Å². The van der Waals surface area contributed by atoms with Crippen LogP contribution in [0.1, 0.15) is 18.1 Å². The molecular weight excluding hydrogens is 392 g/mol. The van der Waals surface area contributed by atoms with Crippen LogP contribution in [0.15, 0.2) is 42.5 Å². The van der Waals surface area contributed by atoms with E-state index < -0.39 is 22.0 Å². The van der Waals surface area contributed by atoms with Crippen LogP contribution in [0, 0.1) is 13.8 Å². The van der Waals surface area contributed by atoms with E-state index in [1.54, 1.807) is 38.3 Å². The van der Waals surface area contributed by atoms with Gasteiger partial charge in [0.1, 0.15) is 12.6 Å². The molecule has 0 fully saturated rings. The van der Waals surface area contributed by atoms with E-state index in [4.69, 9.17) is 9.47 Å². The molecule has 0 heterocycles. The fraction of sp³-hybridized carbons (Fsp3) is 0.381. The molecule has 0 bridgehead atoms. The maximum Gasteiger partial charge on any atom is 0.243 e. The number of carbonyl (C=O) groups is 1. The maximum atomic E-state index is 12.6. The minimum atomic E-state index is -3.65. The zero-order valence-electron chi connectivity index (χ0n) is 17.4. The Morgan fingerprint density at radius 1 is 1.10 bits per heavy atom. The Morgan fingerprint density at radius 3 is 2.24 bits per heavy atom. The van der Waals surface area contributed by atoms with Gasteiger partial charge in [0.2, 0.25) is 15.9 Å². The molecule has 1 unspecified atom stereocenters. The van der Waals surface area contributed by atoms with Crippen LogP contribution in [0.5, 0.6) is 11.5 Å². The summed E-state index contributed by atoms with van der Waals surface area (Å²) in [4.78, 5) is 12.6. The quantitative estimate of drug-likeness (QED) is 0.631. The molecule has 0 radical (unpaired) electrons. The molecule has 0 aliphatic carbocycles. The van der Waals surface area contributed by atoms with Crippen molar-refractivity contribution < 1.29 is 22.7 Å². The van der Waals surface area contributed by atoms with Gasteiger partial charge >= 0.3 is 0 Å². The van der Waals surface area contributed by atoms with Gasteiger partial charge in [0.05, 0.1) is 25.6 Å². The summed E-state index contributed by atoms with van der Waals surface area (Å²) in [6.45, 7) is 5.79. The van der Waals surface area contributed by atoms with Crippen LogP contribution < -0.4 is 19.1 Å². The lowest BCUT2D eigenvalue weighted by atomic mass is 10.1. The van der Waals surface area contributed by atoms with Crippen molar-refractivity contribution in [2.24, 2.45) is 0 Å². The van der Waals surface area contributed by atoms with E-state index in [9.17, 15) is 13.2 Å². The zero-order valence-corrected chi connectivity index (χ0v) is 18.2. The summed E-state index contributed by atoms with van der Waals surface area (Å²) in [6.07, 6.45) is 1.10. The second kappa shape index (κ2) is 9.65. The number of para-hydroxylation sites is 2. The standard InChI is InChI=1S/C21H28N2O5S/c1-15-12-16(2)14-18(13-15)23(29(5,25)26)17(3)21(24)22-10-11-28-20-9-7-6-8-19(20)27-4/h6-9,12-14,17H,10-11H2,1-5H3,(H,22,24). The number of aryl methyl sites for hydroxylation is 2. The highest BCUT2D eigenvalue weighted by Crippen LogP contribution is 2.26. The Balaban J connectivity index is 2.04. The summed E-state index contributed by atoms with van der Waals surface area (Å²) in [7, 11) is -2.10. The van der Waals surface area contributed by atoms with Crippen LogP contribution in [0.3, 0.4) is 0 Å². The third kappa shape index (κ3) is 6.12. The monoisotopic (exact) mass is 420 g/mol. The molecule has 158 valence electrons. The molecule has 29 heavy (non-hydrogen) atoms. The summed E-state index contributed by atoms with van der Waals surface area (Å²) in [6, 6.07) is 11.8. The van der Waals surface area contributed by atoms with Crippen molar-refractivity contribution in [3.8, 4) is 11.5 Å². The number of carbonyl (C=O) groups excluding carboxylic acids is 1. The second-order valence-corrected chi connectivity index (χ2v) is 8.73. The normalized spacial score (nSPS) is 12.2. The van der Waals surface area contributed by atoms with Crippen LogP contribution in [0.25, 0.3) is 0 Å². The van der Waals surface area contributed by atoms with Gasteiger partial charge in [0, 0.05) is 0 Å². The number of hydrogen-bond acceptors (Lipinski definition) is 5. The topological polar surface area (TPSA) is 84.9 Å². The Bertz CT molecular complexity index is 939. The average molecular weight is 421 g/mol. The number of hydrogen-bond donors (Lipinski definition) is 1. The van der Waals surface area contributed by atoms with Crippen molar-refractivity contribution in [2.75, 3.05) is 30.8 Å². The molecule has 0 saturated carbocycles. The molecule has 1 amide bonds. The summed E-state index contributed by atoms with van der Waals surface area (Å²) in [5.74, 6) is 0.772. The first-order valence-electron chi connectivity index (χ1n) is 9.24.